The van der Waals surface area contributed by atoms with Crippen molar-refractivity contribution in [1.82, 2.24) is 14.8 Å². The first-order valence-electron chi connectivity index (χ1n) is 7.11. The Morgan fingerprint density at radius 3 is 2.72 bits per heavy atom. The third-order valence-corrected chi connectivity index (χ3v) is 4.26. The highest BCUT2D eigenvalue weighted by Crippen LogP contribution is 2.26. The lowest BCUT2D eigenvalue weighted by Crippen LogP contribution is -2.38. The van der Waals surface area contributed by atoms with Gasteiger partial charge in [-0.05, 0) is 18.2 Å². The molecular formula is C15H12F2N4O3S. The summed E-state index contributed by atoms with van der Waals surface area (Å²) in [4.78, 5) is 41.5. The van der Waals surface area contributed by atoms with Crippen LogP contribution in [0, 0.1) is 11.6 Å². The second-order valence-electron chi connectivity index (χ2n) is 5.33. The number of imide groups is 1. The van der Waals surface area contributed by atoms with E-state index < -0.39 is 36.0 Å². The minimum absolute atomic E-state index is 0.0658. The number of urea groups is 1. The van der Waals surface area contributed by atoms with Crippen LogP contribution in [0.4, 0.5) is 18.7 Å². The molecule has 1 aliphatic heterocycles. The summed E-state index contributed by atoms with van der Waals surface area (Å²) in [5.74, 6) is -2.99. The number of hydrogen-bond donors (Lipinski definition) is 1. The zero-order valence-corrected chi connectivity index (χ0v) is 13.8. The van der Waals surface area contributed by atoms with E-state index in [0.29, 0.717) is 11.3 Å². The molecule has 3 rings (SSSR count). The van der Waals surface area contributed by atoms with E-state index in [1.54, 1.807) is 5.38 Å². The number of anilines is 1. The van der Waals surface area contributed by atoms with Crippen LogP contribution in [0.25, 0.3) is 11.3 Å². The molecule has 0 bridgehead atoms. The molecule has 2 aromatic rings. The zero-order chi connectivity index (χ0) is 18.1. The first-order chi connectivity index (χ1) is 11.8. The van der Waals surface area contributed by atoms with Crippen LogP contribution in [-0.4, -0.2) is 52.8 Å². The van der Waals surface area contributed by atoms with Crippen molar-refractivity contribution in [1.29, 1.82) is 0 Å². The van der Waals surface area contributed by atoms with Gasteiger partial charge in [0, 0.05) is 18.0 Å². The molecular weight excluding hydrogens is 354 g/mol. The molecule has 1 N–H and O–H groups in total. The average Bonchev–Trinajstić information content (AvgIpc) is 3.10. The van der Waals surface area contributed by atoms with Crippen LogP contribution in [-0.2, 0) is 9.59 Å². The Morgan fingerprint density at radius 2 is 2.08 bits per heavy atom. The van der Waals surface area contributed by atoms with Crippen LogP contribution < -0.4 is 5.32 Å². The van der Waals surface area contributed by atoms with E-state index >= 15 is 0 Å². The molecule has 0 aliphatic carbocycles. The van der Waals surface area contributed by atoms with E-state index in [1.165, 1.54) is 18.0 Å². The molecule has 1 aromatic carbocycles. The van der Waals surface area contributed by atoms with Crippen LogP contribution in [0.1, 0.15) is 0 Å². The number of nitrogens with one attached hydrogen (secondary N) is 1. The second kappa shape index (κ2) is 6.55. The van der Waals surface area contributed by atoms with Crippen molar-refractivity contribution in [3.63, 3.8) is 0 Å². The van der Waals surface area contributed by atoms with E-state index in [0.717, 1.165) is 28.4 Å². The second-order valence-corrected chi connectivity index (χ2v) is 6.19. The number of hydrogen-bond acceptors (Lipinski definition) is 5. The maximum Gasteiger partial charge on any atom is 0.327 e. The molecule has 10 heteroatoms. The van der Waals surface area contributed by atoms with Crippen molar-refractivity contribution in [3.05, 3.63) is 35.2 Å². The van der Waals surface area contributed by atoms with Crippen molar-refractivity contribution in [2.45, 2.75) is 0 Å². The number of halogens is 2. The van der Waals surface area contributed by atoms with Gasteiger partial charge in [0.2, 0.25) is 5.91 Å². The molecule has 0 unspecified atom stereocenters. The van der Waals surface area contributed by atoms with Crippen molar-refractivity contribution < 1.29 is 23.2 Å². The number of nitrogens with zero attached hydrogens (tertiary/aromatic N) is 3. The van der Waals surface area contributed by atoms with Crippen molar-refractivity contribution in [3.8, 4) is 11.3 Å². The summed E-state index contributed by atoms with van der Waals surface area (Å²) in [6.45, 7) is -0.480. The maximum atomic E-state index is 13.3. The Morgan fingerprint density at radius 1 is 1.32 bits per heavy atom. The van der Waals surface area contributed by atoms with Gasteiger partial charge in [-0.3, -0.25) is 14.5 Å². The predicted octanol–water partition coefficient (Wildman–Crippen LogP) is 1.92. The molecule has 0 spiro atoms. The van der Waals surface area contributed by atoms with Crippen LogP contribution in [0.15, 0.2) is 23.6 Å². The number of aromatic nitrogens is 1. The van der Waals surface area contributed by atoms with E-state index in [4.69, 9.17) is 0 Å². The largest absolute Gasteiger partial charge is 0.327 e. The number of likely N-dealkylation sites (N-methyl/N-ethyl adjacent to an activating group) is 1. The average molecular weight is 366 g/mol. The summed E-state index contributed by atoms with van der Waals surface area (Å²) in [5, 5.41) is 4.27. The topological polar surface area (TPSA) is 82.6 Å². The molecule has 0 radical (unpaired) electrons. The molecule has 1 aliphatic rings. The minimum Gasteiger partial charge on any atom is -0.318 e. The monoisotopic (exact) mass is 366 g/mol. The molecule has 0 saturated carbocycles. The fourth-order valence-corrected chi connectivity index (χ4v) is 2.98. The lowest BCUT2D eigenvalue weighted by atomic mass is 10.2. The van der Waals surface area contributed by atoms with Crippen molar-refractivity contribution in [2.24, 2.45) is 0 Å². The maximum absolute atomic E-state index is 13.3. The fraction of sp³-hybridized carbons (Fsp3) is 0.200. The summed E-state index contributed by atoms with van der Waals surface area (Å²) < 4.78 is 26.2. The number of amides is 4. The smallest absolute Gasteiger partial charge is 0.318 e. The number of rotatable bonds is 4. The first-order valence-corrected chi connectivity index (χ1v) is 7.99. The fourth-order valence-electron chi connectivity index (χ4n) is 2.25. The van der Waals surface area contributed by atoms with Crippen LogP contribution in [0.3, 0.4) is 0 Å². The van der Waals surface area contributed by atoms with Gasteiger partial charge in [-0.1, -0.05) is 0 Å². The van der Waals surface area contributed by atoms with Crippen LogP contribution >= 0.6 is 11.3 Å². The Bertz CT molecular complexity index is 870. The highest BCUT2D eigenvalue weighted by Gasteiger charge is 2.34. The summed E-state index contributed by atoms with van der Waals surface area (Å²) in [5.41, 5.74) is 0.731. The molecule has 7 nitrogen and oxygen atoms in total. The molecule has 1 fully saturated rings. The highest BCUT2D eigenvalue weighted by molar-refractivity contribution is 7.14. The van der Waals surface area contributed by atoms with E-state index in [1.807, 2.05) is 0 Å². The Hall–Kier alpha value is -2.88. The standard InChI is InChI=1S/C15H12F2N4O3S/c1-20-6-13(23)21(15(20)24)5-12(22)19-14-18-11(7-25-14)8-2-3-9(16)10(17)4-8/h2-4,7H,5-6H2,1H3,(H,18,19,22). The van der Waals surface area contributed by atoms with E-state index in [2.05, 4.69) is 10.3 Å². The molecule has 1 aromatic heterocycles. The Balaban J connectivity index is 1.67. The summed E-state index contributed by atoms with van der Waals surface area (Å²) in [6.07, 6.45) is 0. The first kappa shape index (κ1) is 17.0. The normalized spacial score (nSPS) is 14.4. The van der Waals surface area contributed by atoms with Crippen molar-refractivity contribution in [2.75, 3.05) is 25.5 Å². The van der Waals surface area contributed by atoms with Gasteiger partial charge >= 0.3 is 6.03 Å². The lowest BCUT2D eigenvalue weighted by molar-refractivity contribution is -0.129. The SMILES string of the molecule is CN1CC(=O)N(CC(=O)Nc2nc(-c3ccc(F)c(F)c3)cs2)C1=O. The Labute approximate surface area is 144 Å². The molecule has 130 valence electrons. The quantitative estimate of drug-likeness (QED) is 0.838. The molecule has 0 atom stereocenters. The molecule has 1 saturated heterocycles. The van der Waals surface area contributed by atoms with Crippen LogP contribution in [0.2, 0.25) is 0 Å². The van der Waals surface area contributed by atoms with Gasteiger partial charge in [0.25, 0.3) is 5.91 Å². The molecule has 2 heterocycles. The third kappa shape index (κ3) is 3.48. The minimum atomic E-state index is -0.994. The van der Waals surface area contributed by atoms with Crippen LogP contribution in [0.5, 0.6) is 0 Å². The van der Waals surface area contributed by atoms with Gasteiger partial charge < -0.3 is 10.2 Å². The van der Waals surface area contributed by atoms with Gasteiger partial charge in [0.1, 0.15) is 13.1 Å². The number of carbonyl (C=O) groups is 3. The number of thiazole rings is 1. The molecule has 4 amide bonds. The lowest BCUT2D eigenvalue weighted by Gasteiger charge is -2.12. The predicted molar refractivity (Wildman–Crippen MR) is 85.8 cm³/mol. The summed E-state index contributed by atoms with van der Waals surface area (Å²) in [6, 6.07) is 2.83. The van der Waals surface area contributed by atoms with Gasteiger partial charge in [-0.15, -0.1) is 11.3 Å². The number of carbonyl (C=O) groups excluding carboxylic acids is 3. The van der Waals surface area contributed by atoms with Gasteiger partial charge in [0.15, 0.2) is 16.8 Å². The summed E-state index contributed by atoms with van der Waals surface area (Å²) >= 11 is 1.08. The van der Waals surface area contributed by atoms with Gasteiger partial charge in [0.05, 0.1) is 5.69 Å². The Kier molecular flexibility index (Phi) is 4.45. The van der Waals surface area contributed by atoms with E-state index in [9.17, 15) is 23.2 Å². The molecule has 25 heavy (non-hydrogen) atoms. The number of benzene rings is 1. The van der Waals surface area contributed by atoms with Gasteiger partial charge in [-0.25, -0.2) is 18.6 Å². The zero-order valence-electron chi connectivity index (χ0n) is 13.0. The summed E-state index contributed by atoms with van der Waals surface area (Å²) in [7, 11) is 1.47. The van der Waals surface area contributed by atoms with Crippen molar-refractivity contribution >= 4 is 34.3 Å². The van der Waals surface area contributed by atoms with Gasteiger partial charge in [-0.2, -0.15) is 0 Å². The van der Waals surface area contributed by atoms with E-state index in [-0.39, 0.29) is 11.7 Å². The third-order valence-electron chi connectivity index (χ3n) is 3.50. The highest BCUT2D eigenvalue weighted by atomic mass is 32.1.